The Morgan fingerprint density at radius 2 is 1.43 bits per heavy atom. The van der Waals surface area contributed by atoms with E-state index in [2.05, 4.69) is 10.0 Å². The Morgan fingerprint density at radius 1 is 0.810 bits per heavy atom. The summed E-state index contributed by atoms with van der Waals surface area (Å²) in [6.07, 6.45) is 0. The number of benzene rings is 4. The summed E-state index contributed by atoms with van der Waals surface area (Å²) in [5.41, 5.74) is 3.38. The number of anilines is 3. The van der Waals surface area contributed by atoms with E-state index in [1.165, 1.54) is 55.6 Å². The largest absolute Gasteiger partial charge is 0.495 e. The molecule has 4 rings (SSSR count). The summed E-state index contributed by atoms with van der Waals surface area (Å²) in [5.74, 6) is -0.467. The Hall–Kier alpha value is -4.06. The molecule has 9 nitrogen and oxygen atoms in total. The molecule has 0 atom stereocenters. The van der Waals surface area contributed by atoms with Gasteiger partial charge in [-0.25, -0.2) is 16.8 Å². The zero-order valence-corrected chi connectivity index (χ0v) is 25.8. The Balaban J connectivity index is 1.58. The first-order chi connectivity index (χ1) is 19.8. The standard InChI is InChI=1S/C30H30ClN3O6S2/c1-20-6-12-26(13-7-20)42(38,39)34(28-18-23(31)9-16-29(28)40-4)19-30(35)32-24-10-14-25(15-11-24)41(36,37)33-27-17-21(2)5-8-22(27)3/h5-18,33H,19H2,1-4H3,(H,32,35). The van der Waals surface area contributed by atoms with Gasteiger partial charge in [0.25, 0.3) is 20.0 Å². The zero-order chi connectivity index (χ0) is 30.7. The van der Waals surface area contributed by atoms with Gasteiger partial charge in [-0.15, -0.1) is 0 Å². The number of hydrogen-bond acceptors (Lipinski definition) is 6. The number of sulfonamides is 2. The fourth-order valence-corrected chi connectivity index (χ4v) is 6.80. The van der Waals surface area contributed by atoms with Crippen LogP contribution in [-0.4, -0.2) is 36.4 Å². The SMILES string of the molecule is COc1ccc(Cl)cc1N(CC(=O)Nc1ccc(S(=O)(=O)Nc2cc(C)ccc2C)cc1)S(=O)(=O)c1ccc(C)cc1. The highest BCUT2D eigenvalue weighted by Gasteiger charge is 2.30. The number of ether oxygens (including phenoxy) is 1. The maximum absolute atomic E-state index is 13.7. The summed E-state index contributed by atoms with van der Waals surface area (Å²) in [7, 11) is -6.74. The van der Waals surface area contributed by atoms with Crippen LogP contribution in [-0.2, 0) is 24.8 Å². The summed E-state index contributed by atoms with van der Waals surface area (Å²) < 4.78 is 62.3. The van der Waals surface area contributed by atoms with Gasteiger partial charge in [-0.3, -0.25) is 13.8 Å². The van der Waals surface area contributed by atoms with Crippen molar-refractivity contribution in [2.75, 3.05) is 28.0 Å². The lowest BCUT2D eigenvalue weighted by Crippen LogP contribution is -2.38. The predicted octanol–water partition coefficient (Wildman–Crippen LogP) is 5.91. The smallest absolute Gasteiger partial charge is 0.264 e. The van der Waals surface area contributed by atoms with E-state index in [0.29, 0.717) is 5.69 Å². The molecular weight excluding hydrogens is 598 g/mol. The quantitative estimate of drug-likeness (QED) is 0.225. The van der Waals surface area contributed by atoms with E-state index in [1.807, 2.05) is 26.0 Å². The van der Waals surface area contributed by atoms with Gasteiger partial charge in [-0.05, 0) is 92.6 Å². The molecule has 0 saturated carbocycles. The number of nitrogens with zero attached hydrogens (tertiary/aromatic N) is 1. The van der Waals surface area contributed by atoms with Crippen LogP contribution in [0.25, 0.3) is 0 Å². The van der Waals surface area contributed by atoms with Crippen molar-refractivity contribution >= 4 is 54.6 Å². The second-order valence-corrected chi connectivity index (χ2v) is 13.6. The molecule has 0 unspecified atom stereocenters. The average Bonchev–Trinajstić information content (AvgIpc) is 2.94. The van der Waals surface area contributed by atoms with Crippen molar-refractivity contribution < 1.29 is 26.4 Å². The van der Waals surface area contributed by atoms with E-state index in [-0.39, 0.29) is 31.9 Å². The Labute approximate surface area is 251 Å². The van der Waals surface area contributed by atoms with Crippen LogP contribution >= 0.6 is 11.6 Å². The third-order valence-electron chi connectivity index (χ3n) is 6.39. The number of nitrogens with one attached hydrogen (secondary N) is 2. The lowest BCUT2D eigenvalue weighted by molar-refractivity contribution is -0.114. The minimum Gasteiger partial charge on any atom is -0.495 e. The predicted molar refractivity (Wildman–Crippen MR) is 166 cm³/mol. The van der Waals surface area contributed by atoms with Crippen molar-refractivity contribution in [1.29, 1.82) is 0 Å². The van der Waals surface area contributed by atoms with Crippen molar-refractivity contribution in [1.82, 2.24) is 0 Å². The fourth-order valence-electron chi connectivity index (χ4n) is 4.09. The molecule has 0 fully saturated rings. The van der Waals surface area contributed by atoms with E-state index in [4.69, 9.17) is 16.3 Å². The summed E-state index contributed by atoms with van der Waals surface area (Å²) in [6, 6.07) is 21.7. The Kier molecular flexibility index (Phi) is 9.15. The van der Waals surface area contributed by atoms with Crippen LogP contribution in [0.3, 0.4) is 0 Å². The van der Waals surface area contributed by atoms with E-state index in [1.54, 1.807) is 31.2 Å². The van der Waals surface area contributed by atoms with E-state index in [0.717, 1.165) is 21.0 Å². The highest BCUT2D eigenvalue weighted by molar-refractivity contribution is 7.93. The fraction of sp³-hybridized carbons (Fsp3) is 0.167. The molecule has 0 aliphatic rings. The van der Waals surface area contributed by atoms with Gasteiger partial charge in [0.2, 0.25) is 5.91 Å². The van der Waals surface area contributed by atoms with Crippen molar-refractivity contribution in [2.45, 2.75) is 30.6 Å². The van der Waals surface area contributed by atoms with Crippen LogP contribution in [0, 0.1) is 20.8 Å². The number of methoxy groups -OCH3 is 1. The molecule has 0 aromatic heterocycles. The van der Waals surface area contributed by atoms with Gasteiger partial charge in [-0.1, -0.05) is 41.4 Å². The number of rotatable bonds is 10. The molecular formula is C30H30ClN3O6S2. The van der Waals surface area contributed by atoms with Crippen LogP contribution in [0.15, 0.2) is 94.7 Å². The minimum atomic E-state index is -4.22. The van der Waals surface area contributed by atoms with Crippen LogP contribution in [0.5, 0.6) is 5.75 Å². The van der Waals surface area contributed by atoms with Crippen LogP contribution < -0.4 is 19.1 Å². The second-order valence-electron chi connectivity index (χ2n) is 9.64. The van der Waals surface area contributed by atoms with Gasteiger partial charge in [0.1, 0.15) is 12.3 Å². The first-order valence-corrected chi connectivity index (χ1v) is 16.0. The summed E-state index contributed by atoms with van der Waals surface area (Å²) in [5, 5.41) is 2.89. The second kappa shape index (κ2) is 12.4. The lowest BCUT2D eigenvalue weighted by Gasteiger charge is -2.26. The summed E-state index contributed by atoms with van der Waals surface area (Å²) >= 11 is 6.19. The monoisotopic (exact) mass is 627 g/mol. The number of hydrogen-bond donors (Lipinski definition) is 2. The first kappa shape index (κ1) is 30.9. The molecule has 0 aliphatic carbocycles. The van der Waals surface area contributed by atoms with E-state index >= 15 is 0 Å². The molecule has 0 spiro atoms. The van der Waals surface area contributed by atoms with Crippen molar-refractivity contribution in [3.05, 3.63) is 107 Å². The molecule has 0 bridgehead atoms. The molecule has 220 valence electrons. The number of amides is 1. The minimum absolute atomic E-state index is 0.00588. The molecule has 0 heterocycles. The molecule has 4 aromatic rings. The topological polar surface area (TPSA) is 122 Å². The third-order valence-corrected chi connectivity index (χ3v) is 9.78. The molecule has 4 aromatic carbocycles. The average molecular weight is 628 g/mol. The first-order valence-electron chi connectivity index (χ1n) is 12.7. The van der Waals surface area contributed by atoms with Crippen LogP contribution in [0.1, 0.15) is 16.7 Å². The van der Waals surface area contributed by atoms with E-state index < -0.39 is 32.5 Å². The van der Waals surface area contributed by atoms with Gasteiger partial charge in [-0.2, -0.15) is 0 Å². The Bertz CT molecular complexity index is 1830. The number of carbonyl (C=O) groups excluding carboxylic acids is 1. The lowest BCUT2D eigenvalue weighted by atomic mass is 10.1. The molecule has 0 saturated heterocycles. The van der Waals surface area contributed by atoms with Crippen molar-refractivity contribution in [2.24, 2.45) is 0 Å². The van der Waals surface area contributed by atoms with Gasteiger partial charge < -0.3 is 10.1 Å². The van der Waals surface area contributed by atoms with Crippen LogP contribution in [0.4, 0.5) is 17.1 Å². The van der Waals surface area contributed by atoms with Crippen LogP contribution in [0.2, 0.25) is 5.02 Å². The normalized spacial score (nSPS) is 11.5. The van der Waals surface area contributed by atoms with Crippen molar-refractivity contribution in [3.63, 3.8) is 0 Å². The zero-order valence-electron chi connectivity index (χ0n) is 23.4. The number of halogens is 1. The highest BCUT2D eigenvalue weighted by Crippen LogP contribution is 2.35. The molecule has 42 heavy (non-hydrogen) atoms. The summed E-state index contributed by atoms with van der Waals surface area (Å²) in [6.45, 7) is 4.89. The molecule has 0 radical (unpaired) electrons. The molecule has 12 heteroatoms. The highest BCUT2D eigenvalue weighted by atomic mass is 35.5. The number of carbonyl (C=O) groups is 1. The molecule has 2 N–H and O–H groups in total. The maximum atomic E-state index is 13.7. The summed E-state index contributed by atoms with van der Waals surface area (Å²) in [4.78, 5) is 13.2. The number of aryl methyl sites for hydroxylation is 3. The van der Waals surface area contributed by atoms with E-state index in [9.17, 15) is 21.6 Å². The van der Waals surface area contributed by atoms with Gasteiger partial charge in [0, 0.05) is 10.7 Å². The molecule has 1 amide bonds. The van der Waals surface area contributed by atoms with Gasteiger partial charge >= 0.3 is 0 Å². The third kappa shape index (κ3) is 7.04. The van der Waals surface area contributed by atoms with Crippen molar-refractivity contribution in [3.8, 4) is 5.75 Å². The molecule has 0 aliphatic heterocycles. The van der Waals surface area contributed by atoms with Gasteiger partial charge in [0.05, 0.1) is 28.3 Å². The Morgan fingerprint density at radius 3 is 2.07 bits per heavy atom. The maximum Gasteiger partial charge on any atom is 0.264 e. The van der Waals surface area contributed by atoms with Gasteiger partial charge in [0.15, 0.2) is 0 Å².